The van der Waals surface area contributed by atoms with Gasteiger partial charge < -0.3 is 10.4 Å². The predicted octanol–water partition coefficient (Wildman–Crippen LogP) is 0.849. The van der Waals surface area contributed by atoms with Gasteiger partial charge in [-0.2, -0.15) is 0 Å². The third-order valence-electron chi connectivity index (χ3n) is 2.24. The van der Waals surface area contributed by atoms with E-state index in [1.807, 2.05) is 0 Å². The van der Waals surface area contributed by atoms with Crippen molar-refractivity contribution in [2.75, 3.05) is 6.54 Å². The van der Waals surface area contributed by atoms with E-state index >= 15 is 0 Å². The van der Waals surface area contributed by atoms with E-state index in [9.17, 15) is 4.79 Å². The Morgan fingerprint density at radius 2 is 2.36 bits per heavy atom. The maximum atomic E-state index is 10.4. The zero-order valence-electron chi connectivity index (χ0n) is 6.84. The van der Waals surface area contributed by atoms with E-state index in [4.69, 9.17) is 5.11 Å². The molecule has 64 valence electrons. The summed E-state index contributed by atoms with van der Waals surface area (Å²) in [5.74, 6) is -0.965. The Bertz CT molecular complexity index is 143. The molecule has 0 heterocycles. The smallest absolute Gasteiger partial charge is 0.307 e. The number of carboxylic acid groups (broad SMARTS) is 1. The molecule has 1 aliphatic rings. The minimum Gasteiger partial charge on any atom is -0.481 e. The van der Waals surface area contributed by atoms with Crippen LogP contribution in [0.2, 0.25) is 0 Å². The summed E-state index contributed by atoms with van der Waals surface area (Å²) in [6, 6.07) is 0.594. The summed E-state index contributed by atoms with van der Waals surface area (Å²) in [6.07, 6.45) is 3.72. The summed E-state index contributed by atoms with van der Waals surface area (Å²) < 4.78 is 0. The summed E-state index contributed by atoms with van der Waals surface area (Å²) in [5.41, 5.74) is 0. The fourth-order valence-corrected chi connectivity index (χ4v) is 1.04. The van der Waals surface area contributed by atoms with E-state index in [0.29, 0.717) is 12.6 Å². The van der Waals surface area contributed by atoms with E-state index in [-0.39, 0.29) is 5.92 Å². The zero-order chi connectivity index (χ0) is 8.27. The molecular weight excluding hydrogens is 142 g/mol. The quantitative estimate of drug-likeness (QED) is 0.636. The molecule has 0 spiro atoms. The molecule has 3 heteroatoms. The van der Waals surface area contributed by atoms with Gasteiger partial charge in [0.15, 0.2) is 0 Å². The average molecular weight is 157 g/mol. The second-order valence-electron chi connectivity index (χ2n) is 3.28. The van der Waals surface area contributed by atoms with Crippen LogP contribution in [0.1, 0.15) is 26.2 Å². The van der Waals surface area contributed by atoms with Crippen LogP contribution in [-0.4, -0.2) is 23.7 Å². The lowest BCUT2D eigenvalue weighted by molar-refractivity contribution is -0.141. The van der Waals surface area contributed by atoms with Gasteiger partial charge in [0.1, 0.15) is 0 Å². The molecule has 1 aliphatic carbocycles. The van der Waals surface area contributed by atoms with Crippen molar-refractivity contribution in [3.63, 3.8) is 0 Å². The van der Waals surface area contributed by atoms with Crippen molar-refractivity contribution in [3.05, 3.63) is 0 Å². The Morgan fingerprint density at radius 1 is 1.73 bits per heavy atom. The summed E-state index contributed by atoms with van der Waals surface area (Å²) in [4.78, 5) is 10.4. The van der Waals surface area contributed by atoms with Gasteiger partial charge >= 0.3 is 5.97 Å². The van der Waals surface area contributed by atoms with Crippen molar-refractivity contribution in [1.82, 2.24) is 5.32 Å². The largest absolute Gasteiger partial charge is 0.481 e. The van der Waals surface area contributed by atoms with Gasteiger partial charge in [-0.15, -0.1) is 0 Å². The van der Waals surface area contributed by atoms with Crippen LogP contribution in [0.25, 0.3) is 0 Å². The molecule has 0 aromatic carbocycles. The highest BCUT2D eigenvalue weighted by Crippen LogP contribution is 2.17. The lowest BCUT2D eigenvalue weighted by Gasteiger charge is -2.27. The third-order valence-corrected chi connectivity index (χ3v) is 2.24. The highest BCUT2D eigenvalue weighted by Gasteiger charge is 2.18. The fourth-order valence-electron chi connectivity index (χ4n) is 1.04. The Balaban J connectivity index is 2.05. The monoisotopic (exact) mass is 157 g/mol. The van der Waals surface area contributed by atoms with Crippen LogP contribution in [0.4, 0.5) is 0 Å². The minimum atomic E-state index is -0.711. The summed E-state index contributed by atoms with van der Waals surface area (Å²) in [7, 11) is 0. The van der Waals surface area contributed by atoms with Crippen molar-refractivity contribution in [2.24, 2.45) is 5.92 Å². The molecule has 2 N–H and O–H groups in total. The third kappa shape index (κ3) is 2.50. The SMILES string of the molecule is CC(CNC1CCC1)C(=O)O. The second kappa shape index (κ2) is 3.72. The molecule has 0 aliphatic heterocycles. The van der Waals surface area contributed by atoms with E-state index in [2.05, 4.69) is 5.32 Å². The number of nitrogens with one attached hydrogen (secondary N) is 1. The summed E-state index contributed by atoms with van der Waals surface area (Å²) >= 11 is 0. The second-order valence-corrected chi connectivity index (χ2v) is 3.28. The lowest BCUT2D eigenvalue weighted by Crippen LogP contribution is -2.39. The van der Waals surface area contributed by atoms with Gasteiger partial charge in [0, 0.05) is 12.6 Å². The molecular formula is C8H15NO2. The van der Waals surface area contributed by atoms with Gasteiger partial charge in [-0.25, -0.2) is 0 Å². The van der Waals surface area contributed by atoms with Crippen molar-refractivity contribution < 1.29 is 9.90 Å². The van der Waals surface area contributed by atoms with Crippen molar-refractivity contribution in [2.45, 2.75) is 32.2 Å². The standard InChI is InChI=1S/C8H15NO2/c1-6(8(10)11)5-9-7-3-2-4-7/h6-7,9H,2-5H2,1H3,(H,10,11). The first-order valence-electron chi connectivity index (χ1n) is 4.16. The Labute approximate surface area is 66.8 Å². The number of hydrogen-bond donors (Lipinski definition) is 2. The van der Waals surface area contributed by atoms with Crippen LogP contribution in [-0.2, 0) is 4.79 Å². The fraction of sp³-hybridized carbons (Fsp3) is 0.875. The van der Waals surface area contributed by atoms with Crippen LogP contribution in [0.5, 0.6) is 0 Å². The average Bonchev–Trinajstić information content (AvgIpc) is 1.83. The Morgan fingerprint density at radius 3 is 2.73 bits per heavy atom. The highest BCUT2D eigenvalue weighted by molar-refractivity contribution is 5.69. The maximum absolute atomic E-state index is 10.4. The van der Waals surface area contributed by atoms with Gasteiger partial charge in [-0.05, 0) is 12.8 Å². The molecule has 1 fully saturated rings. The highest BCUT2D eigenvalue weighted by atomic mass is 16.4. The van der Waals surface area contributed by atoms with Crippen molar-refractivity contribution in [1.29, 1.82) is 0 Å². The van der Waals surface area contributed by atoms with Gasteiger partial charge in [0.05, 0.1) is 5.92 Å². The molecule has 0 radical (unpaired) electrons. The van der Waals surface area contributed by atoms with E-state index in [0.717, 1.165) is 0 Å². The van der Waals surface area contributed by atoms with E-state index in [1.165, 1.54) is 19.3 Å². The number of aliphatic carboxylic acids is 1. The number of hydrogen-bond acceptors (Lipinski definition) is 2. The van der Waals surface area contributed by atoms with Crippen LogP contribution >= 0.6 is 0 Å². The first kappa shape index (κ1) is 8.53. The molecule has 0 aromatic heterocycles. The van der Waals surface area contributed by atoms with Crippen LogP contribution in [0, 0.1) is 5.92 Å². The first-order chi connectivity index (χ1) is 5.20. The topological polar surface area (TPSA) is 49.3 Å². The molecule has 0 saturated heterocycles. The number of carboxylic acids is 1. The van der Waals surface area contributed by atoms with Crippen LogP contribution in [0.3, 0.4) is 0 Å². The first-order valence-corrected chi connectivity index (χ1v) is 4.16. The van der Waals surface area contributed by atoms with Crippen molar-refractivity contribution >= 4 is 5.97 Å². The molecule has 1 saturated carbocycles. The van der Waals surface area contributed by atoms with Crippen LogP contribution < -0.4 is 5.32 Å². The molecule has 0 amide bonds. The van der Waals surface area contributed by atoms with Gasteiger partial charge in [0.2, 0.25) is 0 Å². The van der Waals surface area contributed by atoms with Gasteiger partial charge in [0.25, 0.3) is 0 Å². The minimum absolute atomic E-state index is 0.254. The summed E-state index contributed by atoms with van der Waals surface area (Å²) in [6.45, 7) is 2.34. The molecule has 0 bridgehead atoms. The Hall–Kier alpha value is -0.570. The lowest BCUT2D eigenvalue weighted by atomic mass is 9.93. The Kier molecular flexibility index (Phi) is 2.88. The molecule has 1 unspecified atom stereocenters. The number of carbonyl (C=O) groups is 1. The molecule has 3 nitrogen and oxygen atoms in total. The molecule has 1 rings (SSSR count). The van der Waals surface area contributed by atoms with E-state index in [1.54, 1.807) is 6.92 Å². The molecule has 1 atom stereocenters. The van der Waals surface area contributed by atoms with E-state index < -0.39 is 5.97 Å². The van der Waals surface area contributed by atoms with Gasteiger partial charge in [-0.3, -0.25) is 4.79 Å². The number of rotatable bonds is 4. The van der Waals surface area contributed by atoms with Crippen molar-refractivity contribution in [3.8, 4) is 0 Å². The maximum Gasteiger partial charge on any atom is 0.307 e. The molecule has 11 heavy (non-hydrogen) atoms. The normalized spacial score (nSPS) is 20.8. The van der Waals surface area contributed by atoms with Crippen LogP contribution in [0.15, 0.2) is 0 Å². The zero-order valence-corrected chi connectivity index (χ0v) is 6.84. The predicted molar refractivity (Wildman–Crippen MR) is 42.4 cm³/mol. The van der Waals surface area contributed by atoms with Gasteiger partial charge in [-0.1, -0.05) is 13.3 Å². The summed E-state index contributed by atoms with van der Waals surface area (Å²) in [5, 5.41) is 11.8. The molecule has 0 aromatic rings.